The second-order valence-electron chi connectivity index (χ2n) is 5.55. The zero-order chi connectivity index (χ0) is 14.4. The van der Waals surface area contributed by atoms with Crippen molar-refractivity contribution in [2.75, 3.05) is 26.4 Å². The third-order valence-electron chi connectivity index (χ3n) is 3.40. The average Bonchev–Trinajstić information content (AvgIpc) is 2.86. The molecule has 2 heterocycles. The molecule has 1 aliphatic rings. The van der Waals surface area contributed by atoms with Gasteiger partial charge in [-0.05, 0) is 24.5 Å². The van der Waals surface area contributed by atoms with Gasteiger partial charge in [-0.3, -0.25) is 4.90 Å². The Balaban J connectivity index is 1.97. The summed E-state index contributed by atoms with van der Waals surface area (Å²) in [7, 11) is 0. The summed E-state index contributed by atoms with van der Waals surface area (Å²) in [4.78, 5) is 4.89. The zero-order valence-corrected chi connectivity index (χ0v) is 13.1. The average molecular weight is 293 g/mol. The van der Waals surface area contributed by atoms with E-state index in [1.165, 1.54) is 11.3 Å². The summed E-state index contributed by atoms with van der Waals surface area (Å²) in [5.74, 6) is 6.36. The SMILES string of the molecule is CC(C)C[C@@H]1COCCN1Cc1ccc(C#CCO)s1. The third kappa shape index (κ3) is 4.60. The maximum absolute atomic E-state index is 8.72. The fourth-order valence-electron chi connectivity index (χ4n) is 2.52. The van der Waals surface area contributed by atoms with E-state index in [1.807, 2.05) is 6.07 Å². The van der Waals surface area contributed by atoms with Gasteiger partial charge in [-0.2, -0.15) is 0 Å². The molecule has 0 unspecified atom stereocenters. The fourth-order valence-corrected chi connectivity index (χ4v) is 3.42. The van der Waals surface area contributed by atoms with Crippen LogP contribution in [0.4, 0.5) is 0 Å². The van der Waals surface area contributed by atoms with E-state index in [0.29, 0.717) is 12.0 Å². The van der Waals surface area contributed by atoms with Gasteiger partial charge in [0.2, 0.25) is 0 Å². The quantitative estimate of drug-likeness (QED) is 0.865. The van der Waals surface area contributed by atoms with Gasteiger partial charge in [0.15, 0.2) is 0 Å². The lowest BCUT2D eigenvalue weighted by atomic mass is 10.0. The van der Waals surface area contributed by atoms with Gasteiger partial charge in [0, 0.05) is 24.0 Å². The Kier molecular flexibility index (Phi) is 6.06. The van der Waals surface area contributed by atoms with Crippen LogP contribution in [0.1, 0.15) is 30.0 Å². The molecule has 2 rings (SSSR count). The van der Waals surface area contributed by atoms with Crippen LogP contribution < -0.4 is 0 Å². The molecule has 1 N–H and O–H groups in total. The minimum atomic E-state index is -0.0762. The highest BCUT2D eigenvalue weighted by molar-refractivity contribution is 7.12. The lowest BCUT2D eigenvalue weighted by Crippen LogP contribution is -2.45. The van der Waals surface area contributed by atoms with Crippen molar-refractivity contribution < 1.29 is 9.84 Å². The number of hydrogen-bond acceptors (Lipinski definition) is 4. The number of hydrogen-bond donors (Lipinski definition) is 1. The molecule has 0 saturated carbocycles. The largest absolute Gasteiger partial charge is 0.384 e. The van der Waals surface area contributed by atoms with Crippen LogP contribution in [0, 0.1) is 17.8 Å². The fraction of sp³-hybridized carbons (Fsp3) is 0.625. The molecule has 0 aromatic carbocycles. The molecule has 4 heteroatoms. The summed E-state index contributed by atoms with van der Waals surface area (Å²) < 4.78 is 5.62. The third-order valence-corrected chi connectivity index (χ3v) is 4.39. The summed E-state index contributed by atoms with van der Waals surface area (Å²) in [6.07, 6.45) is 1.18. The zero-order valence-electron chi connectivity index (χ0n) is 12.3. The van der Waals surface area contributed by atoms with E-state index >= 15 is 0 Å². The van der Waals surface area contributed by atoms with Crippen LogP contribution in [-0.4, -0.2) is 42.4 Å². The van der Waals surface area contributed by atoms with Crippen LogP contribution in [0.15, 0.2) is 12.1 Å². The normalized spacial score (nSPS) is 19.9. The molecule has 110 valence electrons. The number of thiophene rings is 1. The van der Waals surface area contributed by atoms with E-state index in [2.05, 4.69) is 36.7 Å². The van der Waals surface area contributed by atoms with E-state index < -0.39 is 0 Å². The summed E-state index contributed by atoms with van der Waals surface area (Å²) in [5.41, 5.74) is 0. The molecule has 1 aromatic heterocycles. The van der Waals surface area contributed by atoms with Crippen LogP contribution >= 0.6 is 11.3 Å². The molecule has 0 amide bonds. The first kappa shape index (κ1) is 15.5. The van der Waals surface area contributed by atoms with Gasteiger partial charge in [-0.1, -0.05) is 25.7 Å². The monoisotopic (exact) mass is 293 g/mol. The van der Waals surface area contributed by atoms with E-state index in [-0.39, 0.29) is 6.61 Å². The smallest absolute Gasteiger partial charge is 0.104 e. The van der Waals surface area contributed by atoms with Gasteiger partial charge in [0.25, 0.3) is 0 Å². The predicted octanol–water partition coefficient (Wildman–Crippen LogP) is 2.34. The van der Waals surface area contributed by atoms with Crippen molar-refractivity contribution in [2.45, 2.75) is 32.9 Å². The number of rotatable bonds is 4. The summed E-state index contributed by atoms with van der Waals surface area (Å²) in [6.45, 7) is 8.12. The highest BCUT2D eigenvalue weighted by Crippen LogP contribution is 2.22. The first-order valence-electron chi connectivity index (χ1n) is 7.19. The molecule has 1 aliphatic heterocycles. The Bertz CT molecular complexity index is 472. The van der Waals surface area contributed by atoms with Crippen molar-refractivity contribution in [2.24, 2.45) is 5.92 Å². The van der Waals surface area contributed by atoms with Gasteiger partial charge in [0.05, 0.1) is 18.1 Å². The van der Waals surface area contributed by atoms with Gasteiger partial charge < -0.3 is 9.84 Å². The summed E-state index contributed by atoms with van der Waals surface area (Å²) >= 11 is 1.72. The Morgan fingerprint density at radius 2 is 2.35 bits per heavy atom. The molecule has 0 radical (unpaired) electrons. The van der Waals surface area contributed by atoms with Gasteiger partial charge in [-0.25, -0.2) is 0 Å². The predicted molar refractivity (Wildman–Crippen MR) is 82.8 cm³/mol. The highest BCUT2D eigenvalue weighted by atomic mass is 32.1. The van der Waals surface area contributed by atoms with Crippen molar-refractivity contribution in [1.29, 1.82) is 0 Å². The molecule has 20 heavy (non-hydrogen) atoms. The number of nitrogens with zero attached hydrogens (tertiary/aromatic N) is 1. The number of aliphatic hydroxyl groups excluding tert-OH is 1. The van der Waals surface area contributed by atoms with Crippen molar-refractivity contribution in [3.05, 3.63) is 21.9 Å². The van der Waals surface area contributed by atoms with Crippen molar-refractivity contribution in [3.8, 4) is 11.8 Å². The van der Waals surface area contributed by atoms with E-state index in [4.69, 9.17) is 9.84 Å². The van der Waals surface area contributed by atoms with Crippen LogP contribution in [0.2, 0.25) is 0 Å². The second-order valence-corrected chi connectivity index (χ2v) is 6.72. The minimum absolute atomic E-state index is 0.0762. The van der Waals surface area contributed by atoms with Crippen LogP contribution in [-0.2, 0) is 11.3 Å². The number of aliphatic hydroxyl groups is 1. The highest BCUT2D eigenvalue weighted by Gasteiger charge is 2.24. The van der Waals surface area contributed by atoms with Crippen molar-refractivity contribution in [1.82, 2.24) is 4.90 Å². The standard InChI is InChI=1S/C16H23NO2S/c1-13(2)10-14-12-19-9-7-17(14)11-16-6-5-15(20-16)4-3-8-18/h5-6,13-14,18H,7-12H2,1-2H3/t14-/m1/s1. The van der Waals surface area contributed by atoms with Crippen LogP contribution in [0.3, 0.4) is 0 Å². The van der Waals surface area contributed by atoms with Crippen LogP contribution in [0.5, 0.6) is 0 Å². The van der Waals surface area contributed by atoms with E-state index in [0.717, 1.165) is 31.2 Å². The Morgan fingerprint density at radius 1 is 1.50 bits per heavy atom. The molecule has 1 aromatic rings. The Labute approximate surface area is 125 Å². The number of ether oxygens (including phenoxy) is 1. The molecule has 0 aliphatic carbocycles. The molecular formula is C16H23NO2S. The second kappa shape index (κ2) is 7.80. The molecule has 3 nitrogen and oxygen atoms in total. The van der Waals surface area contributed by atoms with Gasteiger partial charge in [0.1, 0.15) is 6.61 Å². The maximum atomic E-state index is 8.72. The topological polar surface area (TPSA) is 32.7 Å². The summed E-state index contributed by atoms with van der Waals surface area (Å²) in [5, 5.41) is 8.72. The first-order valence-corrected chi connectivity index (χ1v) is 8.01. The molecule has 1 saturated heterocycles. The lowest BCUT2D eigenvalue weighted by molar-refractivity contribution is -0.0182. The van der Waals surface area contributed by atoms with Gasteiger partial charge in [-0.15, -0.1) is 11.3 Å². The van der Waals surface area contributed by atoms with Gasteiger partial charge >= 0.3 is 0 Å². The lowest BCUT2D eigenvalue weighted by Gasteiger charge is -2.36. The molecule has 0 bridgehead atoms. The van der Waals surface area contributed by atoms with Crippen molar-refractivity contribution >= 4 is 11.3 Å². The molecule has 1 fully saturated rings. The van der Waals surface area contributed by atoms with E-state index in [1.54, 1.807) is 11.3 Å². The Hall–Kier alpha value is -0.860. The van der Waals surface area contributed by atoms with Crippen molar-refractivity contribution in [3.63, 3.8) is 0 Å². The summed E-state index contributed by atoms with van der Waals surface area (Å²) in [6, 6.07) is 4.71. The molecule has 1 atom stereocenters. The van der Waals surface area contributed by atoms with Crippen LogP contribution in [0.25, 0.3) is 0 Å². The first-order chi connectivity index (χ1) is 9.69. The Morgan fingerprint density at radius 3 is 3.10 bits per heavy atom. The molecular weight excluding hydrogens is 270 g/mol. The van der Waals surface area contributed by atoms with E-state index in [9.17, 15) is 0 Å². The maximum Gasteiger partial charge on any atom is 0.104 e. The number of morpholine rings is 1. The molecule has 0 spiro atoms. The minimum Gasteiger partial charge on any atom is -0.384 e.